The molecule has 1 fully saturated rings. The van der Waals surface area contributed by atoms with E-state index in [0.29, 0.717) is 13.1 Å². The molecular formula is C23H28N4O2S. The summed E-state index contributed by atoms with van der Waals surface area (Å²) < 4.78 is 29.3. The second-order valence-electron chi connectivity index (χ2n) is 8.29. The third-order valence-electron chi connectivity index (χ3n) is 5.61. The number of pyridine rings is 1. The second-order valence-corrected chi connectivity index (χ2v) is 10.2. The van der Waals surface area contributed by atoms with Gasteiger partial charge in [-0.2, -0.15) is 4.31 Å². The van der Waals surface area contributed by atoms with E-state index in [4.69, 9.17) is 4.98 Å². The number of benzene rings is 1. The zero-order chi connectivity index (χ0) is 21.3. The first-order chi connectivity index (χ1) is 14.3. The van der Waals surface area contributed by atoms with Gasteiger partial charge < -0.3 is 4.57 Å². The van der Waals surface area contributed by atoms with Crippen LogP contribution in [0.15, 0.2) is 53.9 Å². The van der Waals surface area contributed by atoms with Gasteiger partial charge in [0, 0.05) is 43.6 Å². The van der Waals surface area contributed by atoms with Gasteiger partial charge in [-0.25, -0.2) is 13.4 Å². The van der Waals surface area contributed by atoms with Crippen LogP contribution >= 0.6 is 0 Å². The minimum atomic E-state index is -3.58. The lowest BCUT2D eigenvalue weighted by Gasteiger charge is -2.31. The summed E-state index contributed by atoms with van der Waals surface area (Å²) in [5.74, 6) is 0.0911. The quantitative estimate of drug-likeness (QED) is 0.628. The molecule has 2 aromatic heterocycles. The van der Waals surface area contributed by atoms with Crippen molar-refractivity contribution in [1.82, 2.24) is 18.8 Å². The lowest BCUT2D eigenvalue weighted by Crippen LogP contribution is -2.39. The molecule has 0 radical (unpaired) electrons. The first kappa shape index (κ1) is 20.8. The number of hydrogen-bond acceptors (Lipinski definition) is 4. The lowest BCUT2D eigenvalue weighted by atomic mass is 9.93. The molecule has 0 amide bonds. The second kappa shape index (κ2) is 8.32. The van der Waals surface area contributed by atoms with Crippen LogP contribution in [-0.2, 0) is 23.5 Å². The zero-order valence-corrected chi connectivity index (χ0v) is 18.6. The Morgan fingerprint density at radius 1 is 1.13 bits per heavy atom. The Hall–Kier alpha value is -2.51. The van der Waals surface area contributed by atoms with Crippen LogP contribution in [0.2, 0.25) is 0 Å². The van der Waals surface area contributed by atoms with E-state index in [2.05, 4.69) is 48.3 Å². The first-order valence-corrected chi connectivity index (χ1v) is 11.8. The van der Waals surface area contributed by atoms with Crippen LogP contribution < -0.4 is 0 Å². The fraction of sp³-hybridized carbons (Fsp3) is 0.391. The van der Waals surface area contributed by atoms with Crippen LogP contribution in [0.3, 0.4) is 0 Å². The summed E-state index contributed by atoms with van der Waals surface area (Å²) in [6.45, 7) is 5.08. The van der Waals surface area contributed by atoms with Gasteiger partial charge in [-0.15, -0.1) is 0 Å². The van der Waals surface area contributed by atoms with E-state index < -0.39 is 10.0 Å². The van der Waals surface area contributed by atoms with Crippen molar-refractivity contribution in [2.24, 2.45) is 7.05 Å². The van der Waals surface area contributed by atoms with Gasteiger partial charge in [0.25, 0.3) is 10.0 Å². The number of aromatic nitrogens is 3. The fourth-order valence-electron chi connectivity index (χ4n) is 4.19. The molecule has 4 rings (SSSR count). The first-order valence-electron chi connectivity index (χ1n) is 10.3. The number of nitrogens with zero attached hydrogens (tertiary/aromatic N) is 4. The molecule has 158 valence electrons. The molecule has 1 atom stereocenters. The van der Waals surface area contributed by atoms with Crippen molar-refractivity contribution in [2.75, 3.05) is 13.1 Å². The normalized spacial score (nSPS) is 17.9. The Balaban J connectivity index is 1.57. The molecule has 1 saturated heterocycles. The van der Waals surface area contributed by atoms with E-state index in [0.717, 1.165) is 30.7 Å². The summed E-state index contributed by atoms with van der Waals surface area (Å²) in [5, 5.41) is 0.114. The third-order valence-corrected chi connectivity index (χ3v) is 7.36. The average molecular weight is 425 g/mol. The molecule has 0 unspecified atom stereocenters. The molecule has 1 aromatic carbocycles. The molecule has 3 aromatic rings. The summed E-state index contributed by atoms with van der Waals surface area (Å²) >= 11 is 0. The van der Waals surface area contributed by atoms with Crippen molar-refractivity contribution in [3.8, 4) is 0 Å². The highest BCUT2D eigenvalue weighted by atomic mass is 32.2. The molecule has 0 aliphatic carbocycles. The summed E-state index contributed by atoms with van der Waals surface area (Å²) in [5.41, 5.74) is 5.70. The highest BCUT2D eigenvalue weighted by molar-refractivity contribution is 7.89. The SMILES string of the molecule is Cc1cccc(Cc2cc(C)nc([C@H]3CCCN(S(=O)(=O)c4cn(C)cn4)C3)c2)c1. The Morgan fingerprint density at radius 2 is 1.97 bits per heavy atom. The van der Waals surface area contributed by atoms with E-state index in [1.165, 1.54) is 23.0 Å². The van der Waals surface area contributed by atoms with Crippen molar-refractivity contribution < 1.29 is 8.42 Å². The van der Waals surface area contributed by atoms with Crippen LogP contribution in [-0.4, -0.2) is 40.3 Å². The van der Waals surface area contributed by atoms with Gasteiger partial charge in [-0.05, 0) is 56.4 Å². The smallest absolute Gasteiger partial charge is 0.262 e. The number of imidazole rings is 1. The van der Waals surface area contributed by atoms with Crippen LogP contribution in [0.1, 0.15) is 46.8 Å². The monoisotopic (exact) mass is 424 g/mol. The number of aryl methyl sites for hydroxylation is 3. The van der Waals surface area contributed by atoms with Gasteiger partial charge in [0.15, 0.2) is 5.03 Å². The van der Waals surface area contributed by atoms with E-state index in [9.17, 15) is 8.42 Å². The molecule has 0 N–H and O–H groups in total. The Labute approximate surface area is 178 Å². The van der Waals surface area contributed by atoms with Crippen molar-refractivity contribution in [3.05, 3.63) is 77.0 Å². The highest BCUT2D eigenvalue weighted by Crippen LogP contribution is 2.30. The third kappa shape index (κ3) is 4.47. The number of hydrogen-bond donors (Lipinski definition) is 0. The standard InChI is InChI=1S/C23H28N4O2S/c1-17-6-4-7-19(10-17)12-20-11-18(2)25-22(13-20)21-8-5-9-27(14-21)30(28,29)23-15-26(3)16-24-23/h4,6-7,10-11,13,15-16,21H,5,8-9,12,14H2,1-3H3/t21-/m0/s1. The molecule has 0 saturated carbocycles. The lowest BCUT2D eigenvalue weighted by molar-refractivity contribution is 0.311. The maximum absolute atomic E-state index is 13.0. The molecule has 1 aliphatic heterocycles. The Kier molecular flexibility index (Phi) is 5.75. The molecule has 3 heterocycles. The molecular weight excluding hydrogens is 396 g/mol. The topological polar surface area (TPSA) is 68.1 Å². The Morgan fingerprint density at radius 3 is 2.70 bits per heavy atom. The largest absolute Gasteiger partial charge is 0.339 e. The summed E-state index contributed by atoms with van der Waals surface area (Å²) in [4.78, 5) is 8.83. The number of rotatable bonds is 5. The zero-order valence-electron chi connectivity index (χ0n) is 17.7. The van der Waals surface area contributed by atoms with E-state index in [1.807, 2.05) is 6.92 Å². The summed E-state index contributed by atoms with van der Waals surface area (Å²) in [6.07, 6.45) is 5.69. The highest BCUT2D eigenvalue weighted by Gasteiger charge is 2.33. The molecule has 0 bridgehead atoms. The van der Waals surface area contributed by atoms with Crippen molar-refractivity contribution in [1.29, 1.82) is 0 Å². The van der Waals surface area contributed by atoms with Gasteiger partial charge >= 0.3 is 0 Å². The minimum absolute atomic E-state index is 0.0911. The van der Waals surface area contributed by atoms with Gasteiger partial charge in [0.2, 0.25) is 0 Å². The van der Waals surface area contributed by atoms with Gasteiger partial charge in [0.1, 0.15) is 0 Å². The molecule has 6 nitrogen and oxygen atoms in total. The summed E-state index contributed by atoms with van der Waals surface area (Å²) in [6, 6.07) is 12.8. The van der Waals surface area contributed by atoms with Crippen molar-refractivity contribution >= 4 is 10.0 Å². The predicted molar refractivity (Wildman–Crippen MR) is 117 cm³/mol. The number of piperidine rings is 1. The fourth-order valence-corrected chi connectivity index (χ4v) is 5.68. The molecule has 1 aliphatic rings. The van der Waals surface area contributed by atoms with E-state index in [1.54, 1.807) is 22.1 Å². The summed E-state index contributed by atoms with van der Waals surface area (Å²) in [7, 11) is -1.81. The van der Waals surface area contributed by atoms with Crippen molar-refractivity contribution in [2.45, 2.75) is 44.1 Å². The Bertz CT molecular complexity index is 1150. The maximum Gasteiger partial charge on any atom is 0.262 e. The van der Waals surface area contributed by atoms with Gasteiger partial charge in [0.05, 0.1) is 6.33 Å². The van der Waals surface area contributed by atoms with Gasteiger partial charge in [-0.3, -0.25) is 4.98 Å². The van der Waals surface area contributed by atoms with Crippen LogP contribution in [0, 0.1) is 13.8 Å². The average Bonchev–Trinajstić information content (AvgIpc) is 3.15. The van der Waals surface area contributed by atoms with Crippen molar-refractivity contribution in [3.63, 3.8) is 0 Å². The minimum Gasteiger partial charge on any atom is -0.339 e. The van der Waals surface area contributed by atoms with Crippen LogP contribution in [0.4, 0.5) is 0 Å². The molecule has 0 spiro atoms. The number of sulfonamides is 1. The predicted octanol–water partition coefficient (Wildman–Crippen LogP) is 3.59. The van der Waals surface area contributed by atoms with Crippen LogP contribution in [0.5, 0.6) is 0 Å². The van der Waals surface area contributed by atoms with Gasteiger partial charge in [-0.1, -0.05) is 29.8 Å². The molecule has 30 heavy (non-hydrogen) atoms. The van der Waals surface area contributed by atoms with Crippen LogP contribution in [0.25, 0.3) is 0 Å². The van der Waals surface area contributed by atoms with E-state index >= 15 is 0 Å². The molecule has 7 heteroatoms. The maximum atomic E-state index is 13.0. The van der Waals surface area contributed by atoms with E-state index in [-0.39, 0.29) is 10.9 Å².